The number of aromatic nitrogens is 3. The Morgan fingerprint density at radius 3 is 2.82 bits per heavy atom. The molecule has 98 valence electrons. The molecule has 1 aromatic rings. The van der Waals surface area contributed by atoms with Gasteiger partial charge in [0.25, 0.3) is 0 Å². The molecule has 1 unspecified atom stereocenters. The first-order chi connectivity index (χ1) is 8.29. The lowest BCUT2D eigenvalue weighted by atomic mass is 10.1. The van der Waals surface area contributed by atoms with Crippen LogP contribution in [0.15, 0.2) is 6.20 Å². The highest BCUT2D eigenvalue weighted by atomic mass is 16.5. The van der Waals surface area contributed by atoms with Crippen LogP contribution in [0.4, 0.5) is 0 Å². The molecular weight excluding hydrogens is 220 g/mol. The van der Waals surface area contributed by atoms with Crippen molar-refractivity contribution in [1.82, 2.24) is 20.3 Å². The van der Waals surface area contributed by atoms with Gasteiger partial charge in [0.15, 0.2) is 0 Å². The van der Waals surface area contributed by atoms with Crippen molar-refractivity contribution in [3.05, 3.63) is 11.9 Å². The summed E-state index contributed by atoms with van der Waals surface area (Å²) in [7, 11) is 3.57. The highest BCUT2D eigenvalue weighted by Crippen LogP contribution is 2.14. The Bertz CT molecular complexity index is 303. The van der Waals surface area contributed by atoms with Gasteiger partial charge in [-0.25, -0.2) is 0 Å². The van der Waals surface area contributed by atoms with E-state index in [-0.39, 0.29) is 6.04 Å². The summed E-state index contributed by atoms with van der Waals surface area (Å²) in [4.78, 5) is 0. The van der Waals surface area contributed by atoms with Crippen LogP contribution in [0.5, 0.6) is 0 Å². The fraction of sp³-hybridized carbons (Fsp3) is 0.818. The van der Waals surface area contributed by atoms with Crippen LogP contribution >= 0.6 is 0 Å². The third-order valence-corrected chi connectivity index (χ3v) is 2.54. The van der Waals surface area contributed by atoms with Crippen LogP contribution in [0.25, 0.3) is 0 Å². The Morgan fingerprint density at radius 1 is 1.41 bits per heavy atom. The zero-order valence-corrected chi connectivity index (χ0v) is 10.8. The fourth-order valence-corrected chi connectivity index (χ4v) is 1.66. The monoisotopic (exact) mass is 242 g/mol. The maximum atomic E-state index is 5.47. The Balaban J connectivity index is 2.36. The van der Waals surface area contributed by atoms with E-state index in [1.807, 2.05) is 7.05 Å². The van der Waals surface area contributed by atoms with Gasteiger partial charge in [-0.2, -0.15) is 0 Å². The molecule has 0 saturated heterocycles. The zero-order chi connectivity index (χ0) is 12.5. The van der Waals surface area contributed by atoms with Gasteiger partial charge in [0, 0.05) is 20.8 Å². The summed E-state index contributed by atoms with van der Waals surface area (Å²) in [6.07, 6.45) is 2.70. The third-order valence-electron chi connectivity index (χ3n) is 2.54. The molecule has 1 atom stereocenters. The quantitative estimate of drug-likeness (QED) is 0.640. The van der Waals surface area contributed by atoms with E-state index in [1.165, 1.54) is 0 Å². The minimum atomic E-state index is 0.238. The van der Waals surface area contributed by atoms with Gasteiger partial charge >= 0.3 is 0 Å². The average Bonchev–Trinajstić information content (AvgIpc) is 2.74. The Hall–Kier alpha value is -0.980. The van der Waals surface area contributed by atoms with Gasteiger partial charge in [-0.05, 0) is 13.0 Å². The molecule has 0 spiro atoms. The number of ether oxygens (including phenoxy) is 2. The summed E-state index contributed by atoms with van der Waals surface area (Å²) >= 11 is 0. The van der Waals surface area contributed by atoms with Gasteiger partial charge < -0.3 is 14.8 Å². The lowest BCUT2D eigenvalue weighted by molar-refractivity contribution is 0.0655. The van der Waals surface area contributed by atoms with E-state index in [1.54, 1.807) is 18.0 Å². The average molecular weight is 242 g/mol. The number of rotatable bonds is 9. The third kappa shape index (κ3) is 4.80. The topological polar surface area (TPSA) is 61.2 Å². The Labute approximate surface area is 102 Å². The van der Waals surface area contributed by atoms with Crippen molar-refractivity contribution < 1.29 is 9.47 Å². The summed E-state index contributed by atoms with van der Waals surface area (Å²) in [6.45, 7) is 4.97. The van der Waals surface area contributed by atoms with E-state index in [2.05, 4.69) is 22.6 Å². The van der Waals surface area contributed by atoms with Gasteiger partial charge in [-0.3, -0.25) is 4.68 Å². The molecule has 0 aliphatic rings. The first-order valence-electron chi connectivity index (χ1n) is 5.94. The van der Waals surface area contributed by atoms with E-state index >= 15 is 0 Å². The van der Waals surface area contributed by atoms with Crippen molar-refractivity contribution in [3.8, 4) is 0 Å². The van der Waals surface area contributed by atoms with Gasteiger partial charge in [-0.1, -0.05) is 12.1 Å². The lowest BCUT2D eigenvalue weighted by Crippen LogP contribution is -2.24. The minimum Gasteiger partial charge on any atom is -0.382 e. The highest BCUT2D eigenvalue weighted by Gasteiger charge is 2.14. The second-order valence-corrected chi connectivity index (χ2v) is 3.79. The van der Waals surface area contributed by atoms with Crippen molar-refractivity contribution in [2.75, 3.05) is 33.5 Å². The van der Waals surface area contributed by atoms with Crippen LogP contribution in [-0.4, -0.2) is 48.5 Å². The normalized spacial score (nSPS) is 12.9. The molecule has 0 aliphatic carbocycles. The molecule has 0 amide bonds. The van der Waals surface area contributed by atoms with Crippen LogP contribution in [-0.2, 0) is 16.5 Å². The largest absolute Gasteiger partial charge is 0.382 e. The Kier molecular flexibility index (Phi) is 6.76. The molecule has 6 nitrogen and oxygen atoms in total. The number of methoxy groups -OCH3 is 1. The number of aryl methyl sites for hydroxylation is 1. The van der Waals surface area contributed by atoms with Gasteiger partial charge in [0.2, 0.25) is 0 Å². The molecule has 17 heavy (non-hydrogen) atoms. The molecule has 6 heteroatoms. The number of nitrogens with zero attached hydrogens (tertiary/aromatic N) is 3. The maximum Gasteiger partial charge on any atom is 0.0754 e. The SMILES string of the molecule is CCNC(CCOCCOC)c1cnnn1C. The fourth-order valence-electron chi connectivity index (χ4n) is 1.66. The van der Waals surface area contributed by atoms with Gasteiger partial charge in [-0.15, -0.1) is 5.10 Å². The molecule has 0 aliphatic heterocycles. The predicted octanol–water partition coefficient (Wildman–Crippen LogP) is 0.519. The van der Waals surface area contributed by atoms with Gasteiger partial charge in [0.05, 0.1) is 31.1 Å². The molecular formula is C11H22N4O2. The first-order valence-corrected chi connectivity index (χ1v) is 5.94. The van der Waals surface area contributed by atoms with E-state index in [0.717, 1.165) is 18.7 Å². The smallest absolute Gasteiger partial charge is 0.0754 e. The van der Waals surface area contributed by atoms with Crippen molar-refractivity contribution >= 4 is 0 Å². The van der Waals surface area contributed by atoms with Crippen LogP contribution in [0.2, 0.25) is 0 Å². The second kappa shape index (κ2) is 8.16. The molecule has 1 N–H and O–H groups in total. The molecule has 0 fully saturated rings. The van der Waals surface area contributed by atoms with Gasteiger partial charge in [0.1, 0.15) is 0 Å². The molecule has 0 radical (unpaired) electrons. The molecule has 0 aromatic carbocycles. The van der Waals surface area contributed by atoms with E-state index < -0.39 is 0 Å². The molecule has 1 heterocycles. The van der Waals surface area contributed by atoms with Crippen molar-refractivity contribution in [1.29, 1.82) is 0 Å². The van der Waals surface area contributed by atoms with Crippen molar-refractivity contribution in [2.45, 2.75) is 19.4 Å². The van der Waals surface area contributed by atoms with Crippen molar-refractivity contribution in [2.24, 2.45) is 7.05 Å². The lowest BCUT2D eigenvalue weighted by Gasteiger charge is -2.17. The number of hydrogen-bond acceptors (Lipinski definition) is 5. The predicted molar refractivity (Wildman–Crippen MR) is 64.7 cm³/mol. The molecule has 0 saturated carbocycles. The molecule has 0 bridgehead atoms. The highest BCUT2D eigenvalue weighted by molar-refractivity contribution is 5.01. The van der Waals surface area contributed by atoms with E-state index in [9.17, 15) is 0 Å². The summed E-state index contributed by atoms with van der Waals surface area (Å²) < 4.78 is 12.2. The van der Waals surface area contributed by atoms with E-state index in [4.69, 9.17) is 9.47 Å². The number of nitrogens with one attached hydrogen (secondary N) is 1. The molecule has 1 aromatic heterocycles. The number of hydrogen-bond donors (Lipinski definition) is 1. The van der Waals surface area contributed by atoms with Crippen molar-refractivity contribution in [3.63, 3.8) is 0 Å². The first kappa shape index (κ1) is 14.1. The van der Waals surface area contributed by atoms with E-state index in [0.29, 0.717) is 19.8 Å². The standard InChI is InChI=1S/C11H22N4O2/c1-4-12-10(5-6-17-8-7-16-3)11-9-13-14-15(11)2/h9-10,12H,4-8H2,1-3H3. The van der Waals surface area contributed by atoms with Crippen LogP contribution in [0.3, 0.4) is 0 Å². The van der Waals surface area contributed by atoms with Crippen LogP contribution in [0.1, 0.15) is 25.1 Å². The summed E-state index contributed by atoms with van der Waals surface area (Å²) in [5.41, 5.74) is 1.09. The second-order valence-electron chi connectivity index (χ2n) is 3.79. The summed E-state index contributed by atoms with van der Waals surface area (Å²) in [5.74, 6) is 0. The zero-order valence-electron chi connectivity index (χ0n) is 10.8. The Morgan fingerprint density at radius 2 is 2.24 bits per heavy atom. The summed E-state index contributed by atoms with van der Waals surface area (Å²) in [6, 6.07) is 0.238. The van der Waals surface area contributed by atoms with Crippen LogP contribution < -0.4 is 5.32 Å². The van der Waals surface area contributed by atoms with Crippen LogP contribution in [0, 0.1) is 0 Å². The minimum absolute atomic E-state index is 0.238. The molecule has 1 rings (SSSR count). The maximum absolute atomic E-state index is 5.47. The summed E-state index contributed by atoms with van der Waals surface area (Å²) in [5, 5.41) is 11.2.